The number of ether oxygens (including phenoxy) is 2. The minimum atomic E-state index is -0.530. The summed E-state index contributed by atoms with van der Waals surface area (Å²) in [6, 6.07) is 0. The maximum atomic E-state index is 7.38. The molecule has 0 aromatic carbocycles. The molecule has 0 aromatic rings. The van der Waals surface area contributed by atoms with Gasteiger partial charge in [0, 0.05) is 9.16 Å². The average Bonchev–Trinajstić information content (AvgIpc) is 2.15. The monoisotopic (exact) mass is 200 g/mol. The fourth-order valence-electron chi connectivity index (χ4n) is 0.809. The summed E-state index contributed by atoms with van der Waals surface area (Å²) in [5.41, 5.74) is 0. The standard InChI is InChI=1S/C12H22O2/c1-6-7-8-9-12(13-10(2)3)14-11(4)5/h10-12H,6-7H2,1-5H3/i1D,6D. The fraction of sp³-hybridized carbons (Fsp3) is 0.833. The molecule has 0 bridgehead atoms. The summed E-state index contributed by atoms with van der Waals surface area (Å²) in [7, 11) is 0. The van der Waals surface area contributed by atoms with Crippen LogP contribution in [-0.2, 0) is 9.47 Å². The highest BCUT2D eigenvalue weighted by Gasteiger charge is 2.09. The Labute approximate surface area is 90.8 Å². The van der Waals surface area contributed by atoms with Crippen LogP contribution in [0.2, 0.25) is 0 Å². The van der Waals surface area contributed by atoms with Crippen molar-refractivity contribution in [2.24, 2.45) is 0 Å². The van der Waals surface area contributed by atoms with E-state index in [-0.39, 0.29) is 19.1 Å². The van der Waals surface area contributed by atoms with Crippen molar-refractivity contribution in [3.05, 3.63) is 0 Å². The van der Waals surface area contributed by atoms with Crippen molar-refractivity contribution in [3.63, 3.8) is 0 Å². The molecule has 2 heteroatoms. The van der Waals surface area contributed by atoms with Gasteiger partial charge in [0.1, 0.15) is 0 Å². The van der Waals surface area contributed by atoms with Crippen molar-refractivity contribution in [2.75, 3.05) is 0 Å². The highest BCUT2D eigenvalue weighted by molar-refractivity contribution is 5.02. The summed E-state index contributed by atoms with van der Waals surface area (Å²) >= 11 is 0. The van der Waals surface area contributed by atoms with Crippen molar-refractivity contribution >= 4 is 0 Å². The van der Waals surface area contributed by atoms with E-state index in [0.29, 0.717) is 6.42 Å². The zero-order valence-electron chi connectivity index (χ0n) is 11.5. The number of hydrogen-bond acceptors (Lipinski definition) is 2. The summed E-state index contributed by atoms with van der Waals surface area (Å²) in [4.78, 5) is 0. The first-order valence-electron chi connectivity index (χ1n) is 6.25. The smallest absolute Gasteiger partial charge is 0.222 e. The molecule has 0 heterocycles. The van der Waals surface area contributed by atoms with Gasteiger partial charge in [-0.1, -0.05) is 12.8 Å². The minimum Gasteiger partial charge on any atom is -0.339 e. The first kappa shape index (κ1) is 10.0. The molecule has 0 aliphatic rings. The van der Waals surface area contributed by atoms with E-state index < -0.39 is 12.7 Å². The Morgan fingerprint density at radius 3 is 2.21 bits per heavy atom. The van der Waals surface area contributed by atoms with Crippen molar-refractivity contribution < 1.29 is 12.2 Å². The summed E-state index contributed by atoms with van der Waals surface area (Å²) < 4.78 is 25.3. The zero-order valence-corrected chi connectivity index (χ0v) is 9.54. The lowest BCUT2D eigenvalue weighted by molar-refractivity contribution is -0.146. The first-order chi connectivity index (χ1) is 7.45. The Hall–Kier alpha value is -0.520. The van der Waals surface area contributed by atoms with Crippen LogP contribution in [0.5, 0.6) is 0 Å². The van der Waals surface area contributed by atoms with Crippen LogP contribution in [0, 0.1) is 11.8 Å². The molecule has 0 aliphatic heterocycles. The fourth-order valence-corrected chi connectivity index (χ4v) is 0.809. The van der Waals surface area contributed by atoms with Crippen LogP contribution < -0.4 is 0 Å². The van der Waals surface area contributed by atoms with Gasteiger partial charge in [-0.2, -0.15) is 0 Å². The molecule has 1 unspecified atom stereocenters. The van der Waals surface area contributed by atoms with E-state index >= 15 is 0 Å². The summed E-state index contributed by atoms with van der Waals surface area (Å²) in [6.07, 6.45) is -0.464. The van der Waals surface area contributed by atoms with E-state index in [0.717, 1.165) is 0 Å². The molecule has 2 nitrogen and oxygen atoms in total. The molecule has 0 N–H and O–H groups in total. The highest BCUT2D eigenvalue weighted by Crippen LogP contribution is 2.02. The molecule has 0 saturated carbocycles. The lowest BCUT2D eigenvalue weighted by Gasteiger charge is -2.18. The third kappa shape index (κ3) is 8.10. The third-order valence-electron chi connectivity index (χ3n) is 1.26. The van der Waals surface area contributed by atoms with E-state index in [1.54, 1.807) is 0 Å². The Bertz CT molecular complexity index is 221. The largest absolute Gasteiger partial charge is 0.339 e. The number of rotatable bonds is 5. The topological polar surface area (TPSA) is 18.5 Å². The van der Waals surface area contributed by atoms with Crippen molar-refractivity contribution in [1.82, 2.24) is 0 Å². The SMILES string of the molecule is [2H]CC([2H])CC#CC(OC(C)C)OC(C)C. The molecule has 0 amide bonds. The molecule has 0 fully saturated rings. The molecule has 0 spiro atoms. The molecule has 0 rings (SSSR count). The molecular formula is C12H22O2. The van der Waals surface area contributed by atoms with Gasteiger partial charge in [-0.05, 0) is 40.0 Å². The summed E-state index contributed by atoms with van der Waals surface area (Å²) in [6.45, 7) is 7.78. The van der Waals surface area contributed by atoms with Gasteiger partial charge >= 0.3 is 0 Å². The number of hydrogen-bond donors (Lipinski definition) is 0. The van der Waals surface area contributed by atoms with Crippen LogP contribution in [0.15, 0.2) is 0 Å². The molecule has 14 heavy (non-hydrogen) atoms. The van der Waals surface area contributed by atoms with Gasteiger partial charge in [0.05, 0.1) is 12.2 Å². The molecule has 0 aromatic heterocycles. The molecule has 1 atom stereocenters. The predicted octanol–water partition coefficient (Wildman–Crippen LogP) is 2.97. The summed E-state index contributed by atoms with van der Waals surface area (Å²) in [5, 5.41) is 0. The Morgan fingerprint density at radius 2 is 1.79 bits per heavy atom. The lowest BCUT2D eigenvalue weighted by atomic mass is 10.3. The lowest BCUT2D eigenvalue weighted by Crippen LogP contribution is -2.22. The van der Waals surface area contributed by atoms with Gasteiger partial charge in [-0.25, -0.2) is 0 Å². The van der Waals surface area contributed by atoms with E-state index in [4.69, 9.17) is 12.2 Å². The van der Waals surface area contributed by atoms with Gasteiger partial charge in [-0.15, -0.1) is 0 Å². The Balaban J connectivity index is 4.18. The van der Waals surface area contributed by atoms with Crippen LogP contribution in [0.1, 0.15) is 50.2 Å². The van der Waals surface area contributed by atoms with Crippen LogP contribution in [0.25, 0.3) is 0 Å². The van der Waals surface area contributed by atoms with Crippen LogP contribution >= 0.6 is 0 Å². The Morgan fingerprint density at radius 1 is 1.21 bits per heavy atom. The first-order valence-corrected chi connectivity index (χ1v) is 4.96. The van der Waals surface area contributed by atoms with Gasteiger partial charge in [-0.3, -0.25) is 0 Å². The molecule has 0 saturated heterocycles. The summed E-state index contributed by atoms with van der Waals surface area (Å²) in [5.74, 6) is 5.69. The molecular weight excluding hydrogens is 176 g/mol. The molecule has 82 valence electrons. The van der Waals surface area contributed by atoms with Gasteiger partial charge < -0.3 is 9.47 Å². The van der Waals surface area contributed by atoms with E-state index in [1.165, 1.54) is 0 Å². The molecule has 0 radical (unpaired) electrons. The van der Waals surface area contributed by atoms with Gasteiger partial charge in [0.2, 0.25) is 6.29 Å². The van der Waals surface area contributed by atoms with Crippen molar-refractivity contribution in [3.8, 4) is 11.8 Å². The van der Waals surface area contributed by atoms with Gasteiger partial charge in [0.25, 0.3) is 0 Å². The van der Waals surface area contributed by atoms with E-state index in [2.05, 4.69) is 11.8 Å². The third-order valence-corrected chi connectivity index (χ3v) is 1.26. The van der Waals surface area contributed by atoms with E-state index in [9.17, 15) is 0 Å². The van der Waals surface area contributed by atoms with Crippen molar-refractivity contribution in [1.29, 1.82) is 0 Å². The molecule has 0 aliphatic carbocycles. The minimum absolute atomic E-state index is 0.0565. The second-order valence-electron chi connectivity index (χ2n) is 3.52. The van der Waals surface area contributed by atoms with Crippen molar-refractivity contribution in [2.45, 2.75) is 65.9 Å². The highest BCUT2D eigenvalue weighted by atomic mass is 16.7. The normalized spacial score (nSPS) is 15.1. The van der Waals surface area contributed by atoms with Crippen LogP contribution in [0.4, 0.5) is 0 Å². The maximum absolute atomic E-state index is 7.38. The van der Waals surface area contributed by atoms with E-state index in [1.807, 2.05) is 27.7 Å². The predicted molar refractivity (Wildman–Crippen MR) is 58.9 cm³/mol. The van der Waals surface area contributed by atoms with Gasteiger partial charge in [0.15, 0.2) is 0 Å². The second-order valence-corrected chi connectivity index (χ2v) is 3.52. The zero-order chi connectivity index (χ0) is 12.6. The second kappa shape index (κ2) is 7.84. The maximum Gasteiger partial charge on any atom is 0.222 e. The Kier molecular flexibility index (Phi) is 5.61. The quantitative estimate of drug-likeness (QED) is 0.502. The average molecular weight is 200 g/mol. The van der Waals surface area contributed by atoms with Crippen LogP contribution in [0.3, 0.4) is 0 Å². The van der Waals surface area contributed by atoms with Crippen LogP contribution in [-0.4, -0.2) is 18.5 Å².